The van der Waals surface area contributed by atoms with Gasteiger partial charge in [0.2, 0.25) is 11.8 Å². The van der Waals surface area contributed by atoms with Crippen LogP contribution in [-0.2, 0) is 16.0 Å². The van der Waals surface area contributed by atoms with Crippen LogP contribution >= 0.6 is 0 Å². The van der Waals surface area contributed by atoms with Crippen LogP contribution in [0.5, 0.6) is 11.5 Å². The molecular weight excluding hydrogens is 572 g/mol. The molecule has 1 aliphatic heterocycles. The minimum absolute atomic E-state index is 0.0835. The van der Waals surface area contributed by atoms with Crippen LogP contribution in [0.1, 0.15) is 26.5 Å². The lowest BCUT2D eigenvalue weighted by molar-refractivity contribution is -0.132. The van der Waals surface area contributed by atoms with Crippen molar-refractivity contribution in [3.05, 3.63) is 90.5 Å². The highest BCUT2D eigenvalue weighted by atomic mass is 19.1. The highest BCUT2D eigenvalue weighted by molar-refractivity contribution is 6.23. The van der Waals surface area contributed by atoms with E-state index in [0.717, 1.165) is 35.2 Å². The lowest BCUT2D eigenvalue weighted by Crippen LogP contribution is -2.61. The third-order valence-corrected chi connectivity index (χ3v) is 6.84. The van der Waals surface area contributed by atoms with E-state index in [1.165, 1.54) is 35.4 Å². The molecule has 2 aromatic heterocycles. The van der Waals surface area contributed by atoms with Crippen molar-refractivity contribution in [2.45, 2.75) is 33.2 Å². The summed E-state index contributed by atoms with van der Waals surface area (Å²) in [4.78, 5) is 54.7. The van der Waals surface area contributed by atoms with Gasteiger partial charge in [0.05, 0.1) is 23.8 Å². The number of nitrogens with zero attached hydrogens (tertiary/aromatic N) is 5. The molecule has 1 aliphatic rings. The van der Waals surface area contributed by atoms with E-state index in [4.69, 9.17) is 4.74 Å². The summed E-state index contributed by atoms with van der Waals surface area (Å²) >= 11 is 0. The van der Waals surface area contributed by atoms with Crippen molar-refractivity contribution >= 4 is 40.9 Å². The van der Waals surface area contributed by atoms with Crippen LogP contribution in [0.15, 0.2) is 73.2 Å². The van der Waals surface area contributed by atoms with Crippen LogP contribution in [0.2, 0.25) is 0 Å². The SMILES string of the molecule is CCc1cnc(Nc2cc(Oc3ccc(NC(=O)C4CN(C(C)C)C(=O)N(c5ccc(F)cc5)C4=O)cc3F)ccn2)cn1. The van der Waals surface area contributed by atoms with Crippen molar-refractivity contribution in [3.8, 4) is 11.5 Å². The number of rotatable bonds is 9. The van der Waals surface area contributed by atoms with Crippen LogP contribution in [0.3, 0.4) is 0 Å². The fourth-order valence-electron chi connectivity index (χ4n) is 4.48. The summed E-state index contributed by atoms with van der Waals surface area (Å²) in [7, 11) is 0. The number of amides is 4. The van der Waals surface area contributed by atoms with E-state index in [1.54, 1.807) is 38.4 Å². The molecule has 1 saturated heterocycles. The van der Waals surface area contributed by atoms with Gasteiger partial charge in [0.25, 0.3) is 0 Å². The molecule has 2 aromatic carbocycles. The Morgan fingerprint density at radius 2 is 1.77 bits per heavy atom. The van der Waals surface area contributed by atoms with Crippen LogP contribution in [0.25, 0.3) is 0 Å². The maximum Gasteiger partial charge on any atom is 0.331 e. The summed E-state index contributed by atoms with van der Waals surface area (Å²) in [6.45, 7) is 5.30. The van der Waals surface area contributed by atoms with E-state index >= 15 is 4.39 Å². The largest absolute Gasteiger partial charge is 0.454 e. The monoisotopic (exact) mass is 601 g/mol. The number of urea groups is 1. The lowest BCUT2D eigenvalue weighted by Gasteiger charge is -2.39. The summed E-state index contributed by atoms with van der Waals surface area (Å²) in [5.74, 6) is -3.02. The molecule has 2 N–H and O–H groups in total. The first-order chi connectivity index (χ1) is 21.1. The van der Waals surface area contributed by atoms with Gasteiger partial charge in [-0.3, -0.25) is 14.6 Å². The molecule has 13 heteroatoms. The zero-order valence-corrected chi connectivity index (χ0v) is 24.1. The number of nitrogens with one attached hydrogen (secondary N) is 2. The number of aryl methyl sites for hydroxylation is 1. The first-order valence-electron chi connectivity index (χ1n) is 13.8. The van der Waals surface area contributed by atoms with Crippen LogP contribution in [0.4, 0.5) is 36.6 Å². The number of benzene rings is 2. The van der Waals surface area contributed by atoms with Gasteiger partial charge in [0.1, 0.15) is 29.1 Å². The summed E-state index contributed by atoms with van der Waals surface area (Å²) < 4.78 is 34.3. The molecule has 1 atom stereocenters. The summed E-state index contributed by atoms with van der Waals surface area (Å²) in [5.41, 5.74) is 1.06. The first kappa shape index (κ1) is 30.0. The number of ether oxygens (including phenoxy) is 1. The molecule has 0 bridgehead atoms. The second kappa shape index (κ2) is 12.8. The smallest absolute Gasteiger partial charge is 0.331 e. The average Bonchev–Trinajstić information content (AvgIpc) is 3.00. The number of hydrogen-bond acceptors (Lipinski definition) is 8. The quantitative estimate of drug-likeness (QED) is 0.235. The van der Waals surface area contributed by atoms with Crippen molar-refractivity contribution in [2.75, 3.05) is 22.1 Å². The van der Waals surface area contributed by atoms with Crippen molar-refractivity contribution in [3.63, 3.8) is 0 Å². The summed E-state index contributed by atoms with van der Waals surface area (Å²) in [6.07, 6.45) is 5.49. The Hall–Kier alpha value is -5.46. The van der Waals surface area contributed by atoms with Gasteiger partial charge >= 0.3 is 6.03 Å². The Labute approximate surface area is 251 Å². The normalized spacial score (nSPS) is 15.0. The molecule has 4 amide bonds. The van der Waals surface area contributed by atoms with Crippen molar-refractivity contribution < 1.29 is 27.9 Å². The Kier molecular flexibility index (Phi) is 8.74. The van der Waals surface area contributed by atoms with Crippen LogP contribution < -0.4 is 20.3 Å². The van der Waals surface area contributed by atoms with Gasteiger partial charge in [-0.2, -0.15) is 0 Å². The molecule has 0 aliphatic carbocycles. The van der Waals surface area contributed by atoms with Crippen LogP contribution in [-0.4, -0.2) is 50.3 Å². The van der Waals surface area contributed by atoms with E-state index < -0.39 is 35.4 Å². The minimum atomic E-state index is -1.29. The van der Waals surface area contributed by atoms with Gasteiger partial charge in [-0.1, -0.05) is 6.92 Å². The molecule has 11 nitrogen and oxygen atoms in total. The number of halogens is 2. The summed E-state index contributed by atoms with van der Waals surface area (Å²) in [5, 5.41) is 5.57. The predicted molar refractivity (Wildman–Crippen MR) is 159 cm³/mol. The molecule has 0 radical (unpaired) electrons. The highest BCUT2D eigenvalue weighted by Gasteiger charge is 2.44. The van der Waals surface area contributed by atoms with Gasteiger partial charge in [0, 0.05) is 36.6 Å². The number of aromatic nitrogens is 3. The molecule has 4 aromatic rings. The average molecular weight is 602 g/mol. The Morgan fingerprint density at radius 1 is 1.00 bits per heavy atom. The predicted octanol–water partition coefficient (Wildman–Crippen LogP) is 5.68. The third-order valence-electron chi connectivity index (χ3n) is 6.84. The second-order valence-electron chi connectivity index (χ2n) is 10.2. The van der Waals surface area contributed by atoms with Gasteiger partial charge in [-0.25, -0.2) is 28.4 Å². The molecule has 1 unspecified atom stereocenters. The Bertz CT molecular complexity index is 1680. The fraction of sp³-hybridized carbons (Fsp3) is 0.226. The minimum Gasteiger partial charge on any atom is -0.454 e. The molecule has 3 heterocycles. The van der Waals surface area contributed by atoms with Gasteiger partial charge in [-0.05, 0) is 62.7 Å². The molecule has 0 saturated carbocycles. The number of imide groups is 1. The molecule has 1 fully saturated rings. The molecule has 5 rings (SSSR count). The Balaban J connectivity index is 1.28. The van der Waals surface area contributed by atoms with Crippen LogP contribution in [0, 0.1) is 17.6 Å². The standard InChI is InChI=1S/C31H29F2N7O4/c1-4-20-15-36-28(16-35-20)38-27-14-23(11-12-34-27)44-26-10-7-21(13-25(26)33)37-29(41)24-17-39(18(2)3)31(43)40(30(24)42)22-8-5-19(32)6-9-22/h5-16,18,24H,4,17H2,1-3H3,(H,37,41)(H,34,36,38). The van der Waals surface area contributed by atoms with Crippen molar-refractivity contribution in [1.29, 1.82) is 0 Å². The Morgan fingerprint density at radius 3 is 2.43 bits per heavy atom. The van der Waals surface area contributed by atoms with E-state index in [0.29, 0.717) is 17.4 Å². The zero-order valence-electron chi connectivity index (χ0n) is 24.1. The third kappa shape index (κ3) is 6.61. The number of hydrogen-bond donors (Lipinski definition) is 2. The van der Waals surface area contributed by atoms with E-state index in [9.17, 15) is 18.8 Å². The molecule has 44 heavy (non-hydrogen) atoms. The zero-order chi connectivity index (χ0) is 31.4. The van der Waals surface area contributed by atoms with E-state index in [2.05, 4.69) is 25.6 Å². The molecule has 226 valence electrons. The number of pyridine rings is 1. The van der Waals surface area contributed by atoms with E-state index in [-0.39, 0.29) is 29.7 Å². The molecular formula is C31H29F2N7O4. The first-order valence-corrected chi connectivity index (χ1v) is 13.8. The van der Waals surface area contributed by atoms with Gasteiger partial charge < -0.3 is 20.3 Å². The van der Waals surface area contributed by atoms with E-state index in [1.807, 2.05) is 6.92 Å². The number of carbonyl (C=O) groups is 3. The van der Waals surface area contributed by atoms with Gasteiger partial charge in [-0.15, -0.1) is 0 Å². The maximum absolute atomic E-state index is 15.1. The number of carbonyl (C=O) groups excluding carboxylic acids is 3. The highest BCUT2D eigenvalue weighted by Crippen LogP contribution is 2.30. The fourth-order valence-corrected chi connectivity index (χ4v) is 4.48. The lowest BCUT2D eigenvalue weighted by atomic mass is 10.0. The second-order valence-corrected chi connectivity index (χ2v) is 10.2. The van der Waals surface area contributed by atoms with Crippen molar-refractivity contribution in [2.24, 2.45) is 5.92 Å². The van der Waals surface area contributed by atoms with Gasteiger partial charge in [0.15, 0.2) is 11.6 Å². The van der Waals surface area contributed by atoms with Crippen molar-refractivity contribution in [1.82, 2.24) is 19.9 Å². The summed E-state index contributed by atoms with van der Waals surface area (Å²) in [6, 6.07) is 10.8. The maximum atomic E-state index is 15.1. The number of anilines is 4. The topological polar surface area (TPSA) is 130 Å². The molecule has 0 spiro atoms.